The molecule has 0 saturated heterocycles. The number of nitrogens with zero attached hydrogens (tertiary/aromatic N) is 2. The molecule has 0 bridgehead atoms. The van der Waals surface area contributed by atoms with Gasteiger partial charge in [-0.2, -0.15) is 0 Å². The van der Waals surface area contributed by atoms with Crippen molar-refractivity contribution in [3.05, 3.63) is 29.4 Å². The van der Waals surface area contributed by atoms with Gasteiger partial charge in [0.25, 0.3) is 10.0 Å². The lowest BCUT2D eigenvalue weighted by atomic mass is 10.3. The summed E-state index contributed by atoms with van der Waals surface area (Å²) in [6, 6.07) is 2.94. The minimum absolute atomic E-state index is 0.167. The molecule has 0 spiro atoms. The Kier molecular flexibility index (Phi) is 3.35. The van der Waals surface area contributed by atoms with E-state index in [1.807, 2.05) is 5.38 Å². The van der Waals surface area contributed by atoms with E-state index in [9.17, 15) is 8.42 Å². The highest BCUT2D eigenvalue weighted by molar-refractivity contribution is 7.93. The molecule has 8 heteroatoms. The molecule has 20 heavy (non-hydrogen) atoms. The number of sulfonamides is 1. The number of anilines is 2. The molecule has 106 valence electrons. The Hall–Kier alpha value is -1.67. The molecule has 3 rings (SSSR count). The van der Waals surface area contributed by atoms with Gasteiger partial charge in [-0.25, -0.2) is 18.4 Å². The van der Waals surface area contributed by atoms with Crippen molar-refractivity contribution in [2.45, 2.75) is 23.7 Å². The summed E-state index contributed by atoms with van der Waals surface area (Å²) in [5, 5.41) is 5.14. The molecule has 1 aliphatic rings. The quantitative estimate of drug-likeness (QED) is 0.885. The van der Waals surface area contributed by atoms with Crippen LogP contribution in [0.25, 0.3) is 0 Å². The minimum Gasteiger partial charge on any atom is -0.373 e. The average Bonchev–Trinajstić information content (AvgIpc) is 3.20. The number of hydrogen-bond donors (Lipinski definition) is 2. The lowest BCUT2D eigenvalue weighted by molar-refractivity contribution is 0.601. The Morgan fingerprint density at radius 3 is 2.90 bits per heavy atom. The van der Waals surface area contributed by atoms with Gasteiger partial charge in [0.1, 0.15) is 5.82 Å². The summed E-state index contributed by atoms with van der Waals surface area (Å²) < 4.78 is 27.0. The SMILES string of the molecule is CNc1cc(S(=O)(=O)Nc2nc(C3CC3)cs2)ccn1. The van der Waals surface area contributed by atoms with Gasteiger partial charge in [-0.1, -0.05) is 0 Å². The van der Waals surface area contributed by atoms with Crippen molar-refractivity contribution in [3.8, 4) is 0 Å². The van der Waals surface area contributed by atoms with Crippen LogP contribution in [0.4, 0.5) is 10.9 Å². The maximum Gasteiger partial charge on any atom is 0.263 e. The van der Waals surface area contributed by atoms with Crippen LogP contribution < -0.4 is 10.0 Å². The molecule has 0 unspecified atom stereocenters. The van der Waals surface area contributed by atoms with Gasteiger partial charge in [0.15, 0.2) is 5.13 Å². The van der Waals surface area contributed by atoms with E-state index in [0.717, 1.165) is 18.5 Å². The van der Waals surface area contributed by atoms with E-state index in [-0.39, 0.29) is 4.90 Å². The van der Waals surface area contributed by atoms with E-state index in [1.54, 1.807) is 7.05 Å². The predicted molar refractivity (Wildman–Crippen MR) is 78.7 cm³/mol. The van der Waals surface area contributed by atoms with Crippen LogP contribution in [-0.2, 0) is 10.0 Å². The van der Waals surface area contributed by atoms with Crippen LogP contribution >= 0.6 is 11.3 Å². The average molecular weight is 310 g/mol. The van der Waals surface area contributed by atoms with E-state index in [1.165, 1.54) is 29.7 Å². The van der Waals surface area contributed by atoms with Gasteiger partial charge < -0.3 is 5.32 Å². The summed E-state index contributed by atoms with van der Waals surface area (Å²) in [7, 11) is -1.93. The first-order chi connectivity index (χ1) is 9.58. The molecular weight excluding hydrogens is 296 g/mol. The number of hydrogen-bond acceptors (Lipinski definition) is 6. The molecule has 0 aromatic carbocycles. The van der Waals surface area contributed by atoms with E-state index < -0.39 is 10.0 Å². The van der Waals surface area contributed by atoms with Gasteiger partial charge in [-0.15, -0.1) is 11.3 Å². The van der Waals surface area contributed by atoms with Gasteiger partial charge in [0.05, 0.1) is 10.6 Å². The predicted octanol–water partition coefficient (Wildman–Crippen LogP) is 2.26. The Morgan fingerprint density at radius 2 is 2.20 bits per heavy atom. The summed E-state index contributed by atoms with van der Waals surface area (Å²) >= 11 is 1.32. The number of rotatable bonds is 5. The number of pyridine rings is 1. The van der Waals surface area contributed by atoms with Crippen LogP contribution in [0.2, 0.25) is 0 Å². The second-order valence-corrected chi connectivity index (χ2v) is 7.12. The molecule has 0 aliphatic heterocycles. The van der Waals surface area contributed by atoms with Crippen LogP contribution in [0.1, 0.15) is 24.5 Å². The third-order valence-corrected chi connectivity index (χ3v) is 5.28. The second kappa shape index (κ2) is 5.02. The maximum absolute atomic E-state index is 12.3. The molecule has 2 heterocycles. The van der Waals surface area contributed by atoms with E-state index in [0.29, 0.717) is 16.9 Å². The van der Waals surface area contributed by atoms with Gasteiger partial charge in [0.2, 0.25) is 0 Å². The standard InChI is InChI=1S/C12H14N4O2S2/c1-13-11-6-9(4-5-14-11)20(17,18)16-12-15-10(7-19-12)8-2-3-8/h4-8H,2-3H2,1H3,(H,13,14)(H,15,16). The van der Waals surface area contributed by atoms with Crippen molar-refractivity contribution in [2.24, 2.45) is 0 Å². The van der Waals surface area contributed by atoms with Crippen LogP contribution in [0.15, 0.2) is 28.6 Å². The fraction of sp³-hybridized carbons (Fsp3) is 0.333. The number of thiazole rings is 1. The Morgan fingerprint density at radius 1 is 1.40 bits per heavy atom. The van der Waals surface area contributed by atoms with Crippen molar-refractivity contribution in [1.82, 2.24) is 9.97 Å². The molecule has 1 saturated carbocycles. The highest BCUT2D eigenvalue weighted by Gasteiger charge is 2.27. The van der Waals surface area contributed by atoms with Gasteiger partial charge in [-0.05, 0) is 18.9 Å². The second-order valence-electron chi connectivity index (χ2n) is 4.58. The fourth-order valence-corrected chi connectivity index (χ4v) is 3.85. The minimum atomic E-state index is -3.62. The molecule has 0 amide bonds. The monoisotopic (exact) mass is 310 g/mol. The number of aromatic nitrogens is 2. The smallest absolute Gasteiger partial charge is 0.263 e. The molecule has 2 aromatic rings. The molecule has 0 radical (unpaired) electrons. The van der Waals surface area contributed by atoms with Crippen molar-refractivity contribution in [3.63, 3.8) is 0 Å². The topological polar surface area (TPSA) is 84.0 Å². The molecule has 6 nitrogen and oxygen atoms in total. The number of nitrogens with one attached hydrogen (secondary N) is 2. The van der Waals surface area contributed by atoms with E-state index >= 15 is 0 Å². The van der Waals surface area contributed by atoms with E-state index in [4.69, 9.17) is 0 Å². The van der Waals surface area contributed by atoms with Crippen LogP contribution in [0, 0.1) is 0 Å². The lowest BCUT2D eigenvalue weighted by Crippen LogP contribution is -2.13. The van der Waals surface area contributed by atoms with Gasteiger partial charge in [0, 0.05) is 30.6 Å². The first kappa shape index (κ1) is 13.3. The molecule has 2 aromatic heterocycles. The Balaban J connectivity index is 1.83. The largest absolute Gasteiger partial charge is 0.373 e. The fourth-order valence-electron chi connectivity index (χ4n) is 1.79. The summed E-state index contributed by atoms with van der Waals surface area (Å²) in [4.78, 5) is 8.49. The zero-order valence-electron chi connectivity index (χ0n) is 10.8. The Bertz CT molecular complexity index is 723. The lowest BCUT2D eigenvalue weighted by Gasteiger charge is -2.06. The first-order valence-corrected chi connectivity index (χ1v) is 8.57. The molecule has 2 N–H and O–H groups in total. The van der Waals surface area contributed by atoms with Gasteiger partial charge >= 0.3 is 0 Å². The molecule has 0 atom stereocenters. The van der Waals surface area contributed by atoms with Crippen LogP contribution in [0.3, 0.4) is 0 Å². The van der Waals surface area contributed by atoms with Gasteiger partial charge in [-0.3, -0.25) is 4.72 Å². The van der Waals surface area contributed by atoms with Crippen molar-refractivity contribution in [2.75, 3.05) is 17.1 Å². The summed E-state index contributed by atoms with van der Waals surface area (Å²) in [5.74, 6) is 1.02. The normalized spacial score (nSPS) is 15.1. The third-order valence-electron chi connectivity index (χ3n) is 3.04. The van der Waals surface area contributed by atoms with Crippen molar-refractivity contribution >= 4 is 32.3 Å². The van der Waals surface area contributed by atoms with E-state index in [2.05, 4.69) is 20.0 Å². The van der Waals surface area contributed by atoms with Crippen molar-refractivity contribution < 1.29 is 8.42 Å². The maximum atomic E-state index is 12.3. The van der Waals surface area contributed by atoms with Crippen LogP contribution in [0.5, 0.6) is 0 Å². The molecule has 1 aliphatic carbocycles. The first-order valence-electron chi connectivity index (χ1n) is 6.20. The highest BCUT2D eigenvalue weighted by atomic mass is 32.2. The zero-order valence-corrected chi connectivity index (χ0v) is 12.5. The summed E-state index contributed by atoms with van der Waals surface area (Å²) in [5.41, 5.74) is 0.985. The Labute approximate surface area is 121 Å². The zero-order chi connectivity index (χ0) is 14.2. The van der Waals surface area contributed by atoms with Crippen LogP contribution in [-0.4, -0.2) is 25.4 Å². The van der Waals surface area contributed by atoms with Crippen molar-refractivity contribution in [1.29, 1.82) is 0 Å². The molecule has 1 fully saturated rings. The molecular formula is C12H14N4O2S2. The third kappa shape index (κ3) is 2.75. The summed E-state index contributed by atoms with van der Waals surface area (Å²) in [6.07, 6.45) is 3.75. The summed E-state index contributed by atoms with van der Waals surface area (Å²) in [6.45, 7) is 0. The highest BCUT2D eigenvalue weighted by Crippen LogP contribution is 2.41.